The van der Waals surface area contributed by atoms with Gasteiger partial charge in [-0.15, -0.1) is 0 Å². The molecule has 0 saturated carbocycles. The van der Waals surface area contributed by atoms with E-state index in [1.54, 1.807) is 0 Å². The molecule has 7 nitrogen and oxygen atoms in total. The van der Waals surface area contributed by atoms with Crippen LogP contribution in [0.2, 0.25) is 0 Å². The first-order valence-corrected chi connectivity index (χ1v) is 3.91. The van der Waals surface area contributed by atoms with Crippen LogP contribution in [0.15, 0.2) is 17.1 Å². The number of carbonyl (C=O) groups excluding carboxylic acids is 1. The highest BCUT2D eigenvalue weighted by atomic mass is 35.5. The third-order valence-corrected chi connectivity index (χ3v) is 2.19. The highest BCUT2D eigenvalue weighted by Gasteiger charge is 2.47. The summed E-state index contributed by atoms with van der Waals surface area (Å²) in [5.74, 6) is -0.807. The van der Waals surface area contributed by atoms with Gasteiger partial charge in [-0.2, -0.15) is 0 Å². The van der Waals surface area contributed by atoms with Crippen LogP contribution in [0.4, 0.5) is 0 Å². The van der Waals surface area contributed by atoms with Crippen molar-refractivity contribution in [2.45, 2.75) is 11.2 Å². The molecule has 8 heteroatoms. The number of alkyl halides is 1. The van der Waals surface area contributed by atoms with Crippen molar-refractivity contribution in [1.82, 2.24) is 0 Å². The van der Waals surface area contributed by atoms with Gasteiger partial charge in [-0.1, -0.05) is 0 Å². The largest absolute Gasteiger partial charge is 0.364 e. The van der Waals surface area contributed by atoms with Gasteiger partial charge in [0.15, 0.2) is 6.17 Å². The number of amides is 1. The fourth-order valence-corrected chi connectivity index (χ4v) is 1.00. The average molecular weight is 219 g/mol. The molecule has 76 valence electrons. The topological polar surface area (TPSA) is 125 Å². The minimum Gasteiger partial charge on any atom is -0.364 e. The lowest BCUT2D eigenvalue weighted by molar-refractivity contribution is -0.531. The molecule has 1 heterocycles. The summed E-state index contributed by atoms with van der Waals surface area (Å²) in [5, 5.41) is 10.5. The summed E-state index contributed by atoms with van der Waals surface area (Å²) >= 11 is 5.56. The molecule has 1 aliphatic heterocycles. The molecule has 1 amide bonds. The van der Waals surface area contributed by atoms with Crippen molar-refractivity contribution in [2.24, 2.45) is 16.5 Å². The lowest BCUT2D eigenvalue weighted by Crippen LogP contribution is -2.49. The number of nitrogens with two attached hydrogens (primary N) is 2. The van der Waals surface area contributed by atoms with Gasteiger partial charge in [-0.3, -0.25) is 19.9 Å². The van der Waals surface area contributed by atoms with E-state index in [1.165, 1.54) is 0 Å². The molecule has 0 saturated heterocycles. The number of hydrogen-bond donors (Lipinski definition) is 2. The molecular formula is C6H7ClN4O3. The van der Waals surface area contributed by atoms with Crippen LogP contribution >= 0.6 is 11.6 Å². The summed E-state index contributed by atoms with van der Waals surface area (Å²) in [6, 6.07) is 0. The highest BCUT2D eigenvalue weighted by molar-refractivity contribution is 6.43. The van der Waals surface area contributed by atoms with Crippen LogP contribution in [0.3, 0.4) is 0 Å². The number of dihydropyridines is 1. The van der Waals surface area contributed by atoms with E-state index in [-0.39, 0.29) is 5.71 Å². The molecule has 0 fully saturated rings. The van der Waals surface area contributed by atoms with Crippen LogP contribution in [0.1, 0.15) is 0 Å². The number of halogens is 1. The third kappa shape index (κ3) is 1.59. The minimum absolute atomic E-state index is 0.129. The number of nitrogens with zero attached hydrogens (tertiary/aromatic N) is 2. The number of nitro groups is 1. The Morgan fingerprint density at radius 1 is 1.79 bits per heavy atom. The Bertz CT molecular complexity index is 353. The number of rotatable bonds is 2. The standard InChI is InChI=1S/C6H7ClN4O3/c7-6(11(13)14)2-1-3(4(8)12)10-5(6)9/h1-2,5H,9H2,(H2,8,12). The van der Waals surface area contributed by atoms with Crippen LogP contribution in [0, 0.1) is 10.1 Å². The summed E-state index contributed by atoms with van der Waals surface area (Å²) < 4.78 is 0. The van der Waals surface area contributed by atoms with E-state index in [0.717, 1.165) is 12.2 Å². The van der Waals surface area contributed by atoms with Crippen molar-refractivity contribution in [2.75, 3.05) is 0 Å². The van der Waals surface area contributed by atoms with E-state index in [4.69, 9.17) is 23.1 Å². The first-order chi connectivity index (χ1) is 6.38. The maximum atomic E-state index is 10.7. The molecule has 1 rings (SSSR count). The van der Waals surface area contributed by atoms with Crippen molar-refractivity contribution >= 4 is 23.2 Å². The minimum atomic E-state index is -2.00. The van der Waals surface area contributed by atoms with Gasteiger partial charge in [-0.05, 0) is 17.7 Å². The predicted octanol–water partition coefficient (Wildman–Crippen LogP) is -1.02. The Morgan fingerprint density at radius 3 is 2.71 bits per heavy atom. The Morgan fingerprint density at radius 2 is 2.36 bits per heavy atom. The smallest absolute Gasteiger partial charge is 0.348 e. The summed E-state index contributed by atoms with van der Waals surface area (Å²) in [4.78, 5) is 21.9. The Balaban J connectivity index is 3.02. The summed E-state index contributed by atoms with van der Waals surface area (Å²) in [7, 11) is 0. The molecule has 0 aromatic rings. The number of hydrogen-bond acceptors (Lipinski definition) is 5. The van der Waals surface area contributed by atoms with Gasteiger partial charge in [-0.25, -0.2) is 0 Å². The summed E-state index contributed by atoms with van der Waals surface area (Å²) in [6.45, 7) is 0. The quantitative estimate of drug-likeness (QED) is 0.266. The molecule has 14 heavy (non-hydrogen) atoms. The number of aliphatic imine (C=N–C) groups is 1. The van der Waals surface area contributed by atoms with Gasteiger partial charge in [0, 0.05) is 6.08 Å². The first kappa shape index (κ1) is 10.6. The molecule has 0 radical (unpaired) electrons. The Kier molecular flexibility index (Phi) is 2.54. The van der Waals surface area contributed by atoms with E-state index >= 15 is 0 Å². The summed E-state index contributed by atoms with van der Waals surface area (Å²) in [6.07, 6.45) is 0.750. The number of carbonyl (C=O) groups is 1. The van der Waals surface area contributed by atoms with Gasteiger partial charge in [0.1, 0.15) is 5.71 Å². The average Bonchev–Trinajstić information content (AvgIpc) is 2.09. The van der Waals surface area contributed by atoms with E-state index < -0.39 is 22.0 Å². The third-order valence-electron chi connectivity index (χ3n) is 1.70. The second-order valence-corrected chi connectivity index (χ2v) is 3.25. The van der Waals surface area contributed by atoms with Crippen LogP contribution in [0.5, 0.6) is 0 Å². The summed E-state index contributed by atoms with van der Waals surface area (Å²) in [5.41, 5.74) is 10.1. The van der Waals surface area contributed by atoms with Crippen molar-refractivity contribution in [3.05, 3.63) is 22.3 Å². The van der Waals surface area contributed by atoms with Crippen LogP contribution in [-0.4, -0.2) is 27.7 Å². The second-order valence-electron chi connectivity index (χ2n) is 2.64. The molecule has 0 aliphatic carbocycles. The van der Waals surface area contributed by atoms with Crippen molar-refractivity contribution in [3.63, 3.8) is 0 Å². The maximum Gasteiger partial charge on any atom is 0.348 e. The van der Waals surface area contributed by atoms with Crippen molar-refractivity contribution in [3.8, 4) is 0 Å². The molecule has 4 N–H and O–H groups in total. The maximum absolute atomic E-state index is 10.7. The molecule has 1 aliphatic rings. The van der Waals surface area contributed by atoms with Crippen molar-refractivity contribution < 1.29 is 9.72 Å². The molecule has 2 unspecified atom stereocenters. The fourth-order valence-electron chi connectivity index (χ4n) is 0.892. The molecular weight excluding hydrogens is 212 g/mol. The normalized spacial score (nSPS) is 31.0. The van der Waals surface area contributed by atoms with Gasteiger partial charge in [0.2, 0.25) is 0 Å². The lowest BCUT2D eigenvalue weighted by Gasteiger charge is -2.21. The molecule has 2 atom stereocenters. The number of primary amides is 1. The molecule has 0 aromatic heterocycles. The SMILES string of the molecule is NC(=O)C1=NC(N)C(Cl)([N+](=O)[O-])C=C1. The van der Waals surface area contributed by atoms with E-state index in [0.29, 0.717) is 0 Å². The Hall–Kier alpha value is -1.47. The fraction of sp³-hybridized carbons (Fsp3) is 0.333. The monoisotopic (exact) mass is 218 g/mol. The van der Waals surface area contributed by atoms with E-state index in [2.05, 4.69) is 4.99 Å². The van der Waals surface area contributed by atoms with Gasteiger partial charge in [0.05, 0.1) is 4.92 Å². The zero-order valence-corrected chi connectivity index (χ0v) is 7.64. The van der Waals surface area contributed by atoms with Crippen LogP contribution in [0.25, 0.3) is 0 Å². The molecule has 0 aromatic carbocycles. The molecule has 0 bridgehead atoms. The first-order valence-electron chi connectivity index (χ1n) is 3.54. The van der Waals surface area contributed by atoms with E-state index in [9.17, 15) is 14.9 Å². The zero-order chi connectivity index (χ0) is 10.9. The van der Waals surface area contributed by atoms with Crippen LogP contribution < -0.4 is 11.5 Å². The van der Waals surface area contributed by atoms with Crippen LogP contribution in [-0.2, 0) is 4.79 Å². The predicted molar refractivity (Wildman–Crippen MR) is 49.3 cm³/mol. The highest BCUT2D eigenvalue weighted by Crippen LogP contribution is 2.25. The van der Waals surface area contributed by atoms with Crippen molar-refractivity contribution in [1.29, 1.82) is 0 Å². The lowest BCUT2D eigenvalue weighted by atomic mass is 10.1. The van der Waals surface area contributed by atoms with Gasteiger partial charge >= 0.3 is 5.00 Å². The van der Waals surface area contributed by atoms with Gasteiger partial charge < -0.3 is 11.5 Å². The molecule has 0 spiro atoms. The second kappa shape index (κ2) is 3.35. The van der Waals surface area contributed by atoms with E-state index in [1.807, 2.05) is 0 Å². The Labute approximate surface area is 83.6 Å². The van der Waals surface area contributed by atoms with Gasteiger partial charge in [0.25, 0.3) is 5.91 Å². The zero-order valence-electron chi connectivity index (χ0n) is 6.88.